The Kier molecular flexibility index (Phi) is 4.82. The Morgan fingerprint density at radius 1 is 1.24 bits per heavy atom. The van der Waals surface area contributed by atoms with Crippen LogP contribution in [0.4, 0.5) is 11.4 Å². The van der Waals surface area contributed by atoms with Crippen LogP contribution in [0.15, 0.2) is 38.2 Å². The molecule has 9 heteroatoms. The van der Waals surface area contributed by atoms with E-state index in [4.69, 9.17) is 17.3 Å². The molecule has 0 unspecified atom stereocenters. The van der Waals surface area contributed by atoms with Gasteiger partial charge in [0.05, 0.1) is 21.3 Å². The highest BCUT2D eigenvalue weighted by Crippen LogP contribution is 2.29. The number of aromatic nitrogens is 1. The zero-order valence-electron chi connectivity index (χ0n) is 10.7. The molecule has 2 aromatic rings. The van der Waals surface area contributed by atoms with E-state index in [1.54, 1.807) is 13.0 Å². The number of aryl methyl sites for hydroxylation is 1. The molecule has 0 spiro atoms. The molecule has 0 saturated heterocycles. The minimum atomic E-state index is -3.77. The summed E-state index contributed by atoms with van der Waals surface area (Å²) >= 11 is 12.2. The number of nitrogen functional groups attached to an aromatic ring is 1. The minimum absolute atomic E-state index is 0.106. The van der Waals surface area contributed by atoms with Gasteiger partial charge in [-0.3, -0.25) is 4.72 Å². The Morgan fingerprint density at radius 2 is 1.90 bits per heavy atom. The van der Waals surface area contributed by atoms with Gasteiger partial charge in [0.1, 0.15) is 5.15 Å². The summed E-state index contributed by atoms with van der Waals surface area (Å²) in [4.78, 5) is 3.98. The third-order valence-corrected chi connectivity index (χ3v) is 5.98. The number of nitrogens with two attached hydrogens (primary N) is 1. The fourth-order valence-corrected chi connectivity index (χ4v) is 3.85. The first-order valence-electron chi connectivity index (χ1n) is 5.60. The highest BCUT2D eigenvalue weighted by molar-refractivity contribution is 9.11. The summed E-state index contributed by atoms with van der Waals surface area (Å²) in [7, 11) is -3.77. The number of rotatable bonds is 3. The molecule has 0 bridgehead atoms. The lowest BCUT2D eigenvalue weighted by atomic mass is 10.2. The fourth-order valence-electron chi connectivity index (χ4n) is 1.65. The normalized spacial score (nSPS) is 11.4. The van der Waals surface area contributed by atoms with Crippen LogP contribution in [0.5, 0.6) is 0 Å². The Morgan fingerprint density at radius 3 is 2.52 bits per heavy atom. The molecule has 21 heavy (non-hydrogen) atoms. The lowest BCUT2D eigenvalue weighted by Gasteiger charge is -2.12. The van der Waals surface area contributed by atoms with Crippen LogP contribution in [0.2, 0.25) is 5.15 Å². The topological polar surface area (TPSA) is 85.1 Å². The molecule has 5 nitrogen and oxygen atoms in total. The van der Waals surface area contributed by atoms with Crippen molar-refractivity contribution in [2.24, 2.45) is 0 Å². The van der Waals surface area contributed by atoms with Crippen molar-refractivity contribution in [3.63, 3.8) is 0 Å². The van der Waals surface area contributed by atoms with Crippen LogP contribution >= 0.6 is 43.5 Å². The quantitative estimate of drug-likeness (QED) is 0.542. The molecule has 0 aliphatic heterocycles. The molecule has 1 aromatic heterocycles. The van der Waals surface area contributed by atoms with Gasteiger partial charge in [-0.2, -0.15) is 0 Å². The molecule has 2 rings (SSSR count). The summed E-state index contributed by atoms with van der Waals surface area (Å²) in [6.45, 7) is 1.69. The van der Waals surface area contributed by atoms with Crippen LogP contribution in [-0.2, 0) is 10.0 Å². The van der Waals surface area contributed by atoms with E-state index >= 15 is 0 Å². The molecule has 1 heterocycles. The molecule has 112 valence electrons. The van der Waals surface area contributed by atoms with E-state index in [1.165, 1.54) is 18.3 Å². The van der Waals surface area contributed by atoms with Gasteiger partial charge >= 0.3 is 0 Å². The van der Waals surface area contributed by atoms with Gasteiger partial charge in [0.15, 0.2) is 0 Å². The van der Waals surface area contributed by atoms with Crippen molar-refractivity contribution < 1.29 is 8.42 Å². The van der Waals surface area contributed by atoms with Crippen molar-refractivity contribution in [2.75, 3.05) is 10.5 Å². The number of sulfonamides is 1. The van der Waals surface area contributed by atoms with Gasteiger partial charge in [0.2, 0.25) is 0 Å². The average molecular weight is 456 g/mol. The first-order chi connectivity index (χ1) is 9.70. The van der Waals surface area contributed by atoms with Crippen LogP contribution in [0.3, 0.4) is 0 Å². The maximum Gasteiger partial charge on any atom is 0.262 e. The second-order valence-electron chi connectivity index (χ2n) is 4.24. The summed E-state index contributed by atoms with van der Waals surface area (Å²) in [5, 5.41) is 0.252. The second-order valence-corrected chi connectivity index (χ2v) is 7.96. The van der Waals surface area contributed by atoms with E-state index in [1.807, 2.05) is 0 Å². The highest BCUT2D eigenvalue weighted by Gasteiger charge is 2.19. The van der Waals surface area contributed by atoms with Gasteiger partial charge in [-0.15, -0.1) is 0 Å². The summed E-state index contributed by atoms with van der Waals surface area (Å²) in [5.41, 5.74) is 6.96. The van der Waals surface area contributed by atoms with Crippen molar-refractivity contribution in [3.8, 4) is 0 Å². The third-order valence-electron chi connectivity index (χ3n) is 2.63. The van der Waals surface area contributed by atoms with Crippen molar-refractivity contribution in [1.29, 1.82) is 0 Å². The zero-order chi connectivity index (χ0) is 15.8. The van der Waals surface area contributed by atoms with Gasteiger partial charge in [-0.1, -0.05) is 11.6 Å². The maximum atomic E-state index is 12.4. The van der Waals surface area contributed by atoms with Crippen molar-refractivity contribution >= 4 is 64.9 Å². The van der Waals surface area contributed by atoms with Crippen molar-refractivity contribution in [3.05, 3.63) is 44.1 Å². The number of anilines is 2. The largest absolute Gasteiger partial charge is 0.398 e. The summed E-state index contributed by atoms with van der Waals surface area (Å²) < 4.78 is 28.4. The molecular weight excluding hydrogens is 445 g/mol. The molecule has 0 fully saturated rings. The fraction of sp³-hybridized carbons (Fsp3) is 0.0833. The van der Waals surface area contributed by atoms with Crippen LogP contribution in [0.25, 0.3) is 0 Å². The van der Waals surface area contributed by atoms with Crippen LogP contribution in [-0.4, -0.2) is 13.4 Å². The summed E-state index contributed by atoms with van der Waals surface area (Å²) in [6.07, 6.45) is 1.34. The van der Waals surface area contributed by atoms with Crippen LogP contribution < -0.4 is 10.5 Å². The SMILES string of the molecule is Cc1cc(Br)c(N)cc1S(=O)(=O)Nc1cnc(Cl)c(Br)c1. The van der Waals surface area contributed by atoms with Crippen molar-refractivity contribution in [2.45, 2.75) is 11.8 Å². The predicted molar refractivity (Wildman–Crippen MR) is 91.0 cm³/mol. The molecule has 0 atom stereocenters. The Bertz CT molecular complexity index is 812. The van der Waals surface area contributed by atoms with Gasteiger partial charge in [0, 0.05) is 10.2 Å². The maximum absolute atomic E-state index is 12.4. The number of pyridine rings is 1. The number of halogens is 3. The standard InChI is InChI=1S/C12H10Br2ClN3O2S/c1-6-2-8(13)10(16)4-11(6)21(19,20)18-7-3-9(14)12(15)17-5-7/h2-5,18H,16H2,1H3. The van der Waals surface area contributed by atoms with Gasteiger partial charge in [0.25, 0.3) is 10.0 Å². The molecule has 0 saturated carbocycles. The van der Waals surface area contributed by atoms with Crippen LogP contribution in [0.1, 0.15) is 5.56 Å². The number of nitrogens with zero attached hydrogens (tertiary/aromatic N) is 1. The number of benzene rings is 1. The molecule has 3 N–H and O–H groups in total. The second kappa shape index (κ2) is 6.12. The van der Waals surface area contributed by atoms with Gasteiger partial charge in [-0.05, 0) is 62.5 Å². The lowest BCUT2D eigenvalue weighted by molar-refractivity contribution is 0.600. The monoisotopic (exact) mass is 453 g/mol. The lowest BCUT2D eigenvalue weighted by Crippen LogP contribution is -2.15. The van der Waals surface area contributed by atoms with E-state index in [-0.39, 0.29) is 10.0 Å². The van der Waals surface area contributed by atoms with Gasteiger partial charge in [-0.25, -0.2) is 13.4 Å². The number of nitrogens with one attached hydrogen (secondary N) is 1. The minimum Gasteiger partial charge on any atom is -0.398 e. The van der Waals surface area contributed by atoms with E-state index in [9.17, 15) is 8.42 Å². The first kappa shape index (κ1) is 16.5. The predicted octanol–water partition coefficient (Wildman–Crippen LogP) is 3.95. The summed E-state index contributed by atoms with van der Waals surface area (Å²) in [6, 6.07) is 4.59. The average Bonchev–Trinajstić information content (AvgIpc) is 2.37. The van der Waals surface area contributed by atoms with Crippen LogP contribution in [0, 0.1) is 6.92 Å². The Balaban J connectivity index is 2.43. The molecular formula is C12H10Br2ClN3O2S. The smallest absolute Gasteiger partial charge is 0.262 e. The van der Waals surface area contributed by atoms with E-state index in [0.29, 0.717) is 25.9 Å². The first-order valence-corrected chi connectivity index (χ1v) is 9.05. The molecule has 0 amide bonds. The Labute approximate surface area is 144 Å². The molecule has 0 aliphatic rings. The zero-order valence-corrected chi connectivity index (χ0v) is 15.4. The molecule has 0 aliphatic carbocycles. The van der Waals surface area contributed by atoms with E-state index < -0.39 is 10.0 Å². The molecule has 0 radical (unpaired) electrons. The third kappa shape index (κ3) is 3.68. The summed E-state index contributed by atoms with van der Waals surface area (Å²) in [5.74, 6) is 0. The number of hydrogen-bond acceptors (Lipinski definition) is 4. The molecule has 1 aromatic carbocycles. The van der Waals surface area contributed by atoms with E-state index in [2.05, 4.69) is 41.6 Å². The van der Waals surface area contributed by atoms with Crippen molar-refractivity contribution in [1.82, 2.24) is 4.98 Å². The highest BCUT2D eigenvalue weighted by atomic mass is 79.9. The Hall–Kier alpha value is -0.830. The van der Waals surface area contributed by atoms with Gasteiger partial charge < -0.3 is 5.73 Å². The number of hydrogen-bond donors (Lipinski definition) is 2. The van der Waals surface area contributed by atoms with E-state index in [0.717, 1.165) is 0 Å².